The van der Waals surface area contributed by atoms with E-state index in [9.17, 15) is 9.59 Å². The Kier molecular flexibility index (Phi) is 4.43. The maximum absolute atomic E-state index is 12.1. The van der Waals surface area contributed by atoms with Crippen LogP contribution in [0.2, 0.25) is 0 Å². The van der Waals surface area contributed by atoms with E-state index in [1.165, 1.54) is 11.3 Å². The van der Waals surface area contributed by atoms with E-state index in [1.807, 2.05) is 0 Å². The molecule has 0 aliphatic carbocycles. The molecule has 1 spiro atoms. The molecule has 134 valence electrons. The predicted molar refractivity (Wildman–Crippen MR) is 93.8 cm³/mol. The van der Waals surface area contributed by atoms with Crippen LogP contribution in [0.1, 0.15) is 39.3 Å². The van der Waals surface area contributed by atoms with E-state index in [2.05, 4.69) is 52.5 Å². The van der Waals surface area contributed by atoms with E-state index in [1.54, 1.807) is 5.38 Å². The lowest BCUT2D eigenvalue weighted by Crippen LogP contribution is -2.59. The number of hydrazine groups is 1. The third kappa shape index (κ3) is 3.60. The average Bonchev–Trinajstić information content (AvgIpc) is 3.10. The van der Waals surface area contributed by atoms with Crippen molar-refractivity contribution in [2.24, 2.45) is 5.41 Å². The van der Waals surface area contributed by atoms with Gasteiger partial charge in [0.15, 0.2) is 5.69 Å². The van der Waals surface area contributed by atoms with Crippen LogP contribution in [-0.4, -0.2) is 47.1 Å². The zero-order valence-corrected chi connectivity index (χ0v) is 15.4. The summed E-state index contributed by atoms with van der Waals surface area (Å²) < 4.78 is 0. The predicted octanol–water partition coefficient (Wildman–Crippen LogP) is 1.46. The van der Waals surface area contributed by atoms with Gasteiger partial charge in [-0.15, -0.1) is 11.3 Å². The van der Waals surface area contributed by atoms with Gasteiger partial charge in [0.25, 0.3) is 5.91 Å². The molecule has 3 amide bonds. The Balaban J connectivity index is 1.78. The van der Waals surface area contributed by atoms with Gasteiger partial charge in [-0.25, -0.2) is 14.8 Å². The minimum atomic E-state index is -0.790. The number of anilines is 1. The van der Waals surface area contributed by atoms with Crippen molar-refractivity contribution in [2.45, 2.75) is 39.2 Å². The molecule has 1 aromatic heterocycles. The summed E-state index contributed by atoms with van der Waals surface area (Å²) in [6.07, 6.45) is 1.09. The number of urea groups is 1. The monoisotopic (exact) mass is 362 g/mol. The molecular formula is C16H22N6O2S. The summed E-state index contributed by atoms with van der Waals surface area (Å²) in [4.78, 5) is 28.0. The topological polar surface area (TPSA) is 101 Å². The molecule has 8 nitrogen and oxygen atoms in total. The number of hydrogen-bond acceptors (Lipinski definition) is 7. The number of nitriles is 1. The molecule has 3 rings (SSSR count). The summed E-state index contributed by atoms with van der Waals surface area (Å²) >= 11 is 1.44. The number of aromatic nitrogens is 1. The molecule has 0 saturated carbocycles. The summed E-state index contributed by atoms with van der Waals surface area (Å²) in [5, 5.41) is 21.0. The molecule has 2 aliphatic heterocycles. The van der Waals surface area contributed by atoms with Crippen LogP contribution in [0.4, 0.5) is 9.93 Å². The summed E-state index contributed by atoms with van der Waals surface area (Å²) in [7, 11) is 0. The molecule has 0 bridgehead atoms. The van der Waals surface area contributed by atoms with Crippen LogP contribution >= 0.6 is 11.3 Å². The second-order valence-corrected chi connectivity index (χ2v) is 8.53. The molecule has 2 fully saturated rings. The highest BCUT2D eigenvalue weighted by molar-refractivity contribution is 7.13. The van der Waals surface area contributed by atoms with Crippen molar-refractivity contribution in [3.63, 3.8) is 0 Å². The second-order valence-electron chi connectivity index (χ2n) is 7.69. The fourth-order valence-corrected chi connectivity index (χ4v) is 3.95. The maximum Gasteiger partial charge on any atom is 0.322 e. The van der Waals surface area contributed by atoms with Crippen LogP contribution in [0, 0.1) is 16.7 Å². The van der Waals surface area contributed by atoms with Crippen LogP contribution in [0.15, 0.2) is 5.38 Å². The fraction of sp³-hybridized carbons (Fsp3) is 0.625. The van der Waals surface area contributed by atoms with Crippen molar-refractivity contribution in [1.82, 2.24) is 20.6 Å². The number of amides is 3. The first-order chi connectivity index (χ1) is 11.7. The van der Waals surface area contributed by atoms with Crippen molar-refractivity contribution in [3.8, 4) is 6.07 Å². The van der Waals surface area contributed by atoms with Crippen LogP contribution < -0.4 is 15.6 Å². The van der Waals surface area contributed by atoms with Gasteiger partial charge in [0, 0.05) is 25.0 Å². The lowest BCUT2D eigenvalue weighted by molar-refractivity contribution is -0.125. The van der Waals surface area contributed by atoms with Gasteiger partial charge < -0.3 is 5.32 Å². The molecule has 1 aromatic rings. The third-order valence-corrected chi connectivity index (χ3v) is 5.25. The number of carbonyl (C=O) groups is 2. The molecule has 2 N–H and O–H groups in total. The third-order valence-electron chi connectivity index (χ3n) is 4.40. The average molecular weight is 362 g/mol. The SMILES string of the molecule is CC(C)(C)CN(c1nc(C#N)cs1)N1CCC2(CC1)NC(=O)NC2=O. The quantitative estimate of drug-likeness (QED) is 0.790. The Morgan fingerprint density at radius 3 is 2.56 bits per heavy atom. The number of nitrogens with zero attached hydrogens (tertiary/aromatic N) is 4. The minimum absolute atomic E-state index is 0.0343. The van der Waals surface area contributed by atoms with E-state index in [4.69, 9.17) is 5.26 Å². The van der Waals surface area contributed by atoms with Crippen molar-refractivity contribution >= 4 is 28.4 Å². The van der Waals surface area contributed by atoms with Crippen LogP contribution in [-0.2, 0) is 4.79 Å². The zero-order valence-electron chi connectivity index (χ0n) is 14.6. The highest BCUT2D eigenvalue weighted by Gasteiger charge is 2.48. The highest BCUT2D eigenvalue weighted by Crippen LogP contribution is 2.31. The zero-order chi connectivity index (χ0) is 18.2. The lowest BCUT2D eigenvalue weighted by atomic mass is 9.88. The standard InChI is InChI=1S/C16H22N6O2S/c1-15(2,3)10-22(14-18-11(8-17)9-25-14)21-6-4-16(5-7-21)12(23)19-13(24)20-16/h9H,4-7,10H2,1-3H3,(H2,19,20,23,24). The molecule has 2 aliphatic rings. The first kappa shape index (κ1) is 17.6. The molecule has 3 heterocycles. The number of piperidine rings is 1. The summed E-state index contributed by atoms with van der Waals surface area (Å²) in [5.74, 6) is -0.236. The number of thiazole rings is 1. The van der Waals surface area contributed by atoms with Gasteiger partial charge >= 0.3 is 6.03 Å². The van der Waals surface area contributed by atoms with E-state index in [-0.39, 0.29) is 11.3 Å². The number of imide groups is 1. The molecule has 9 heteroatoms. The second kappa shape index (κ2) is 6.28. The van der Waals surface area contributed by atoms with E-state index >= 15 is 0 Å². The number of nitrogens with one attached hydrogen (secondary N) is 2. The van der Waals surface area contributed by atoms with Gasteiger partial charge in [0.05, 0.1) is 0 Å². The van der Waals surface area contributed by atoms with E-state index < -0.39 is 11.6 Å². The summed E-state index contributed by atoms with van der Waals surface area (Å²) in [6, 6.07) is 1.66. The van der Waals surface area contributed by atoms with E-state index in [0.717, 1.165) is 11.7 Å². The van der Waals surface area contributed by atoms with Gasteiger partial charge in [0.1, 0.15) is 11.6 Å². The molecule has 0 unspecified atom stereocenters. The van der Waals surface area contributed by atoms with Gasteiger partial charge in [-0.3, -0.25) is 15.1 Å². The molecule has 2 saturated heterocycles. The Hall–Kier alpha value is -2.18. The molecule has 0 atom stereocenters. The molecular weight excluding hydrogens is 340 g/mol. The molecule has 0 radical (unpaired) electrons. The van der Waals surface area contributed by atoms with Gasteiger partial charge in [0.2, 0.25) is 5.13 Å². The number of rotatable bonds is 3. The lowest BCUT2D eigenvalue weighted by Gasteiger charge is -2.44. The van der Waals surface area contributed by atoms with Crippen molar-refractivity contribution < 1.29 is 9.59 Å². The van der Waals surface area contributed by atoms with Crippen molar-refractivity contribution in [2.75, 3.05) is 24.6 Å². The van der Waals surface area contributed by atoms with Crippen LogP contribution in [0.3, 0.4) is 0 Å². The molecule has 25 heavy (non-hydrogen) atoms. The van der Waals surface area contributed by atoms with Gasteiger partial charge in [-0.2, -0.15) is 5.26 Å². The molecule has 0 aromatic carbocycles. The van der Waals surface area contributed by atoms with Crippen LogP contribution in [0.5, 0.6) is 0 Å². The minimum Gasteiger partial charge on any atom is -0.323 e. The highest BCUT2D eigenvalue weighted by atomic mass is 32.1. The Labute approximate surface area is 150 Å². The maximum atomic E-state index is 12.1. The largest absolute Gasteiger partial charge is 0.323 e. The Bertz CT molecular complexity index is 724. The Morgan fingerprint density at radius 1 is 1.40 bits per heavy atom. The van der Waals surface area contributed by atoms with Crippen LogP contribution in [0.25, 0.3) is 0 Å². The Morgan fingerprint density at radius 2 is 2.08 bits per heavy atom. The fourth-order valence-electron chi connectivity index (χ4n) is 3.17. The number of hydrogen-bond donors (Lipinski definition) is 2. The summed E-state index contributed by atoms with van der Waals surface area (Å²) in [6.45, 7) is 8.45. The normalized spacial score (nSPS) is 20.2. The first-order valence-electron chi connectivity index (χ1n) is 8.24. The smallest absolute Gasteiger partial charge is 0.322 e. The summed E-state index contributed by atoms with van der Waals surface area (Å²) in [5.41, 5.74) is -0.344. The van der Waals surface area contributed by atoms with E-state index in [0.29, 0.717) is 31.6 Å². The van der Waals surface area contributed by atoms with Gasteiger partial charge in [-0.1, -0.05) is 20.8 Å². The first-order valence-corrected chi connectivity index (χ1v) is 9.12. The van der Waals surface area contributed by atoms with Crippen molar-refractivity contribution in [1.29, 1.82) is 5.26 Å². The number of carbonyl (C=O) groups excluding carboxylic acids is 2. The van der Waals surface area contributed by atoms with Crippen molar-refractivity contribution in [3.05, 3.63) is 11.1 Å². The van der Waals surface area contributed by atoms with Gasteiger partial charge in [-0.05, 0) is 18.3 Å².